The van der Waals surface area contributed by atoms with Crippen molar-refractivity contribution in [3.63, 3.8) is 0 Å². The minimum atomic E-state index is -0.0875. The Morgan fingerprint density at radius 2 is 2.16 bits per heavy atom. The second-order valence-corrected chi connectivity index (χ2v) is 7.61. The number of ether oxygens (including phenoxy) is 2. The molecule has 0 N–H and O–H groups in total. The second-order valence-electron chi connectivity index (χ2n) is 7.61. The van der Waals surface area contributed by atoms with Crippen LogP contribution in [0.15, 0.2) is 4.52 Å². The molecule has 0 radical (unpaired) electrons. The molecule has 0 saturated carbocycles. The van der Waals surface area contributed by atoms with Gasteiger partial charge in [0.15, 0.2) is 5.82 Å². The lowest BCUT2D eigenvalue weighted by atomic mass is 9.78. The highest BCUT2D eigenvalue weighted by Crippen LogP contribution is 2.38. The van der Waals surface area contributed by atoms with Crippen LogP contribution in [0.3, 0.4) is 0 Å². The summed E-state index contributed by atoms with van der Waals surface area (Å²) in [5, 5.41) is 4.06. The molecule has 0 aliphatic carbocycles. The number of carbonyl (C=O) groups excluding carboxylic acids is 1. The molecule has 1 unspecified atom stereocenters. The molecular weight excluding hydrogens is 322 g/mol. The molecule has 1 aromatic rings. The summed E-state index contributed by atoms with van der Waals surface area (Å²) in [6.45, 7) is 6.63. The first kappa shape index (κ1) is 18.3. The summed E-state index contributed by atoms with van der Waals surface area (Å²) in [7, 11) is 1.61. The molecule has 3 rings (SSSR count). The van der Waals surface area contributed by atoms with Gasteiger partial charge in [0, 0.05) is 39.1 Å². The van der Waals surface area contributed by atoms with Gasteiger partial charge >= 0.3 is 0 Å². The lowest BCUT2D eigenvalue weighted by molar-refractivity contribution is -0.149. The summed E-state index contributed by atoms with van der Waals surface area (Å²) in [4.78, 5) is 18.5. The van der Waals surface area contributed by atoms with Crippen LogP contribution in [0, 0.1) is 11.8 Å². The minimum absolute atomic E-state index is 0.0635. The van der Waals surface area contributed by atoms with Crippen LogP contribution >= 0.6 is 0 Å². The lowest BCUT2D eigenvalue weighted by Crippen LogP contribution is -2.51. The van der Waals surface area contributed by atoms with Crippen LogP contribution in [-0.2, 0) is 27.3 Å². The smallest absolute Gasteiger partial charge is 0.252 e. The second kappa shape index (κ2) is 7.83. The van der Waals surface area contributed by atoms with Crippen LogP contribution in [0.1, 0.15) is 51.2 Å². The van der Waals surface area contributed by atoms with Crippen molar-refractivity contribution in [1.29, 1.82) is 0 Å². The molecule has 1 spiro atoms. The summed E-state index contributed by atoms with van der Waals surface area (Å²) in [5.41, 5.74) is -0.0875. The molecule has 2 aliphatic rings. The van der Waals surface area contributed by atoms with E-state index in [0.717, 1.165) is 57.6 Å². The number of nitrogens with zero attached hydrogens (tertiary/aromatic N) is 3. The topological polar surface area (TPSA) is 77.7 Å². The van der Waals surface area contributed by atoms with E-state index in [1.54, 1.807) is 7.11 Å². The van der Waals surface area contributed by atoms with Crippen LogP contribution in [-0.4, -0.2) is 53.4 Å². The zero-order valence-electron chi connectivity index (χ0n) is 15.5. The van der Waals surface area contributed by atoms with Gasteiger partial charge in [-0.05, 0) is 31.6 Å². The van der Waals surface area contributed by atoms with Crippen molar-refractivity contribution in [2.75, 3.05) is 26.8 Å². The number of carbonyl (C=O) groups is 1. The van der Waals surface area contributed by atoms with Gasteiger partial charge in [0.2, 0.25) is 5.91 Å². The number of methoxy groups -OCH3 is 1. The Kier molecular flexibility index (Phi) is 5.74. The van der Waals surface area contributed by atoms with Crippen molar-refractivity contribution in [3.8, 4) is 0 Å². The van der Waals surface area contributed by atoms with Crippen molar-refractivity contribution >= 4 is 5.91 Å². The van der Waals surface area contributed by atoms with Gasteiger partial charge in [-0.25, -0.2) is 0 Å². The Hall–Kier alpha value is -1.47. The van der Waals surface area contributed by atoms with Gasteiger partial charge < -0.3 is 18.9 Å². The zero-order chi connectivity index (χ0) is 17.9. The fraction of sp³-hybridized carbons (Fsp3) is 0.833. The van der Waals surface area contributed by atoms with Crippen molar-refractivity contribution < 1.29 is 18.8 Å². The summed E-state index contributed by atoms with van der Waals surface area (Å²) in [6, 6.07) is 0. The maximum atomic E-state index is 12.2. The molecule has 2 saturated heterocycles. The predicted octanol–water partition coefficient (Wildman–Crippen LogP) is 2.20. The highest BCUT2D eigenvalue weighted by molar-refractivity contribution is 5.78. The van der Waals surface area contributed by atoms with Gasteiger partial charge in [0.25, 0.3) is 5.89 Å². The van der Waals surface area contributed by atoms with E-state index in [-0.39, 0.29) is 17.4 Å². The highest BCUT2D eigenvalue weighted by Gasteiger charge is 2.41. The van der Waals surface area contributed by atoms with E-state index in [9.17, 15) is 4.79 Å². The third-order valence-corrected chi connectivity index (χ3v) is 5.32. The number of rotatable bonds is 5. The molecule has 2 aliphatic heterocycles. The van der Waals surface area contributed by atoms with Crippen LogP contribution in [0.2, 0.25) is 0 Å². The van der Waals surface area contributed by atoms with Crippen molar-refractivity contribution in [3.05, 3.63) is 11.7 Å². The number of piperidine rings is 1. The van der Waals surface area contributed by atoms with Gasteiger partial charge in [-0.15, -0.1) is 0 Å². The highest BCUT2D eigenvalue weighted by atomic mass is 16.5. The lowest BCUT2D eigenvalue weighted by Gasteiger charge is -2.46. The molecular formula is C18H29N3O4. The Balaban J connectivity index is 1.55. The van der Waals surface area contributed by atoms with E-state index in [1.807, 2.05) is 18.7 Å². The molecule has 0 bridgehead atoms. The molecule has 7 nitrogen and oxygen atoms in total. The fourth-order valence-electron chi connectivity index (χ4n) is 3.97. The van der Waals surface area contributed by atoms with Crippen molar-refractivity contribution in [2.24, 2.45) is 11.8 Å². The van der Waals surface area contributed by atoms with E-state index < -0.39 is 0 Å². The minimum Gasteiger partial charge on any atom is -0.375 e. The molecule has 140 valence electrons. The number of hydrogen-bond acceptors (Lipinski definition) is 6. The van der Waals surface area contributed by atoms with Crippen LogP contribution in [0.4, 0.5) is 0 Å². The van der Waals surface area contributed by atoms with Gasteiger partial charge in [-0.2, -0.15) is 4.98 Å². The van der Waals surface area contributed by atoms with Crippen molar-refractivity contribution in [2.45, 2.75) is 58.2 Å². The zero-order valence-corrected chi connectivity index (χ0v) is 15.5. The van der Waals surface area contributed by atoms with Gasteiger partial charge in [-0.3, -0.25) is 4.79 Å². The fourth-order valence-corrected chi connectivity index (χ4v) is 3.97. The largest absolute Gasteiger partial charge is 0.375 e. The molecule has 7 heteroatoms. The number of hydrogen-bond donors (Lipinski definition) is 0. The molecule has 2 fully saturated rings. The summed E-state index contributed by atoms with van der Waals surface area (Å²) in [5.74, 6) is 2.09. The first-order valence-corrected chi connectivity index (χ1v) is 9.24. The number of amides is 1. The number of likely N-dealkylation sites (tertiary alicyclic amines) is 1. The van der Waals surface area contributed by atoms with E-state index >= 15 is 0 Å². The monoisotopic (exact) mass is 351 g/mol. The Labute approximate surface area is 149 Å². The predicted molar refractivity (Wildman–Crippen MR) is 90.8 cm³/mol. The standard InChI is InChI=1S/C18H29N3O4/c1-13(2)17(22)21-7-5-18(6-8-21)11-14(4-9-24-18)10-15-19-16(12-23-3)25-20-15/h13-14H,4-12H2,1-3H3. The van der Waals surface area contributed by atoms with Gasteiger partial charge in [-0.1, -0.05) is 19.0 Å². The third kappa shape index (κ3) is 4.39. The Bertz CT molecular complexity index is 579. The van der Waals surface area contributed by atoms with Gasteiger partial charge in [0.05, 0.1) is 5.60 Å². The molecule has 1 atom stereocenters. The van der Waals surface area contributed by atoms with E-state index in [0.29, 0.717) is 18.4 Å². The SMILES string of the molecule is COCc1nc(CC2CCOC3(CCN(C(=O)C(C)C)CC3)C2)no1. The third-order valence-electron chi connectivity index (χ3n) is 5.32. The normalized spacial score (nSPS) is 23.4. The molecule has 1 amide bonds. The maximum absolute atomic E-state index is 12.2. The van der Waals surface area contributed by atoms with Crippen LogP contribution in [0.25, 0.3) is 0 Å². The Morgan fingerprint density at radius 3 is 2.84 bits per heavy atom. The summed E-state index contributed by atoms with van der Waals surface area (Å²) >= 11 is 0. The van der Waals surface area contributed by atoms with E-state index in [4.69, 9.17) is 14.0 Å². The first-order chi connectivity index (χ1) is 12.0. The van der Waals surface area contributed by atoms with Crippen LogP contribution in [0.5, 0.6) is 0 Å². The Morgan fingerprint density at radius 1 is 1.40 bits per heavy atom. The molecule has 25 heavy (non-hydrogen) atoms. The first-order valence-electron chi connectivity index (χ1n) is 9.24. The summed E-state index contributed by atoms with van der Waals surface area (Å²) < 4.78 is 16.4. The van der Waals surface area contributed by atoms with E-state index in [1.165, 1.54) is 0 Å². The van der Waals surface area contributed by atoms with Gasteiger partial charge in [0.1, 0.15) is 6.61 Å². The average molecular weight is 351 g/mol. The summed E-state index contributed by atoms with van der Waals surface area (Å²) in [6.07, 6.45) is 4.68. The number of aromatic nitrogens is 2. The molecule has 1 aromatic heterocycles. The molecule has 3 heterocycles. The van der Waals surface area contributed by atoms with E-state index in [2.05, 4.69) is 10.1 Å². The average Bonchev–Trinajstić information content (AvgIpc) is 3.02. The van der Waals surface area contributed by atoms with Crippen molar-refractivity contribution in [1.82, 2.24) is 15.0 Å². The molecule has 0 aromatic carbocycles. The quantitative estimate of drug-likeness (QED) is 0.809. The maximum Gasteiger partial charge on any atom is 0.252 e. The van der Waals surface area contributed by atoms with Crippen LogP contribution < -0.4 is 0 Å².